The van der Waals surface area contributed by atoms with Gasteiger partial charge in [0.2, 0.25) is 0 Å². The maximum Gasteiger partial charge on any atom is 0.0355 e. The molecule has 1 heteroatoms. The molecule has 0 N–H and O–H groups in total. The summed E-state index contributed by atoms with van der Waals surface area (Å²) in [6.45, 7) is 0. The molecule has 0 bridgehead atoms. The van der Waals surface area contributed by atoms with Crippen molar-refractivity contribution in [1.82, 2.24) is 0 Å². The number of benzene rings is 5. The van der Waals surface area contributed by atoms with Crippen molar-refractivity contribution in [2.45, 2.75) is 0 Å². The molecule has 124 valence electrons. The van der Waals surface area contributed by atoms with Gasteiger partial charge < -0.3 is 0 Å². The average molecular weight is 358 g/mol. The van der Waals surface area contributed by atoms with E-state index in [1.807, 2.05) is 11.3 Å². The van der Waals surface area contributed by atoms with E-state index < -0.39 is 0 Å². The molecule has 27 heavy (non-hydrogen) atoms. The third kappa shape index (κ3) is 1.60. The van der Waals surface area contributed by atoms with Crippen molar-refractivity contribution < 1.29 is 0 Å². The normalized spacial score (nSPS) is 12.4. The maximum atomic E-state index is 2.36. The van der Waals surface area contributed by atoms with Crippen molar-refractivity contribution in [3.63, 3.8) is 0 Å². The Hall–Kier alpha value is -3.16. The number of thiophene rings is 1. The Kier molecular flexibility index (Phi) is 2.46. The van der Waals surface area contributed by atoms with E-state index in [1.54, 1.807) is 0 Å². The van der Waals surface area contributed by atoms with Gasteiger partial charge in [-0.3, -0.25) is 0 Å². The fourth-order valence-corrected chi connectivity index (χ4v) is 5.97. The molecule has 0 saturated heterocycles. The predicted octanol–water partition coefficient (Wildman–Crippen LogP) is 8.01. The van der Waals surface area contributed by atoms with E-state index in [4.69, 9.17) is 0 Å². The van der Waals surface area contributed by atoms with Gasteiger partial charge in [0.25, 0.3) is 0 Å². The van der Waals surface area contributed by atoms with Crippen molar-refractivity contribution in [2.75, 3.05) is 0 Å². The third-order valence-corrected chi connectivity index (χ3v) is 7.00. The van der Waals surface area contributed by atoms with Crippen molar-refractivity contribution in [3.05, 3.63) is 84.2 Å². The van der Waals surface area contributed by atoms with E-state index in [0.29, 0.717) is 0 Å². The van der Waals surface area contributed by atoms with Crippen LogP contribution in [0.15, 0.2) is 84.2 Å². The average Bonchev–Trinajstić information content (AvgIpc) is 3.31. The van der Waals surface area contributed by atoms with Crippen LogP contribution in [0.5, 0.6) is 0 Å². The van der Waals surface area contributed by atoms with Crippen LogP contribution < -0.4 is 0 Å². The Morgan fingerprint density at radius 1 is 0.481 bits per heavy atom. The Balaban J connectivity index is 1.88. The summed E-state index contributed by atoms with van der Waals surface area (Å²) in [5, 5.41) is 11.9. The molecule has 0 unspecified atom stereocenters. The fraction of sp³-hybridized carbons (Fsp3) is 0. The monoisotopic (exact) mass is 358 g/mol. The molecule has 0 aliphatic heterocycles. The van der Waals surface area contributed by atoms with Gasteiger partial charge >= 0.3 is 0 Å². The highest BCUT2D eigenvalue weighted by atomic mass is 32.1. The van der Waals surface area contributed by atoms with E-state index >= 15 is 0 Å². The zero-order valence-corrected chi connectivity index (χ0v) is 15.3. The van der Waals surface area contributed by atoms with Gasteiger partial charge in [0, 0.05) is 21.2 Å². The summed E-state index contributed by atoms with van der Waals surface area (Å²) >= 11 is 1.86. The highest BCUT2D eigenvalue weighted by Gasteiger charge is 2.27. The van der Waals surface area contributed by atoms with Gasteiger partial charge in [-0.05, 0) is 54.9 Å². The van der Waals surface area contributed by atoms with Gasteiger partial charge in [0.15, 0.2) is 0 Å². The van der Waals surface area contributed by atoms with Crippen LogP contribution in [-0.4, -0.2) is 0 Å². The van der Waals surface area contributed by atoms with Crippen LogP contribution in [0, 0.1) is 0 Å². The van der Waals surface area contributed by atoms with E-state index in [-0.39, 0.29) is 0 Å². The lowest BCUT2D eigenvalue weighted by Crippen LogP contribution is -1.87. The van der Waals surface area contributed by atoms with Crippen molar-refractivity contribution >= 4 is 53.7 Å². The molecule has 6 aromatic rings. The predicted molar refractivity (Wildman–Crippen MR) is 119 cm³/mol. The minimum Gasteiger partial charge on any atom is -0.143 e. The van der Waals surface area contributed by atoms with Crippen molar-refractivity contribution in [1.29, 1.82) is 0 Å². The zero-order valence-electron chi connectivity index (χ0n) is 14.5. The summed E-state index contributed by atoms with van der Waals surface area (Å²) in [6.07, 6.45) is 0. The lowest BCUT2D eigenvalue weighted by molar-refractivity contribution is 1.76. The van der Waals surface area contributed by atoms with Crippen LogP contribution in [0.25, 0.3) is 64.7 Å². The third-order valence-electron chi connectivity index (χ3n) is 6.05. The number of hydrogen-bond donors (Lipinski definition) is 0. The SMILES string of the molecule is c1ccc2c(c1)ccc1c3ccccc3c3c(c21)-c1csc2cccc-3c12. The van der Waals surface area contributed by atoms with Gasteiger partial charge in [-0.15, -0.1) is 11.3 Å². The minimum atomic E-state index is 1.31. The van der Waals surface area contributed by atoms with Crippen LogP contribution in [0.1, 0.15) is 0 Å². The Bertz CT molecular complexity index is 1560. The molecule has 0 radical (unpaired) electrons. The smallest absolute Gasteiger partial charge is 0.0355 e. The van der Waals surface area contributed by atoms with Crippen LogP contribution in [0.4, 0.5) is 0 Å². The maximum absolute atomic E-state index is 2.36. The first-order valence-electron chi connectivity index (χ1n) is 9.29. The van der Waals surface area contributed by atoms with E-state index in [9.17, 15) is 0 Å². The van der Waals surface area contributed by atoms with Gasteiger partial charge in [-0.2, -0.15) is 0 Å². The number of rotatable bonds is 0. The molecule has 0 fully saturated rings. The summed E-state index contributed by atoms with van der Waals surface area (Å²) in [5.74, 6) is 0. The summed E-state index contributed by atoms with van der Waals surface area (Å²) in [4.78, 5) is 0. The molecule has 0 saturated carbocycles. The second-order valence-corrected chi connectivity index (χ2v) is 8.24. The quantitative estimate of drug-likeness (QED) is 0.241. The van der Waals surface area contributed by atoms with Crippen LogP contribution in [0.3, 0.4) is 0 Å². The standard InChI is InChI=1S/C26H14S/c1-2-7-16-15(6-1)12-13-19-17-8-3-4-9-18(17)25-20-10-5-11-22-23(20)21(14-27-22)26(25)24(16)19/h1-14H. The molecule has 1 heterocycles. The number of hydrogen-bond acceptors (Lipinski definition) is 1. The fourth-order valence-electron chi connectivity index (χ4n) is 4.99. The lowest BCUT2D eigenvalue weighted by Gasteiger charge is -2.15. The molecule has 0 atom stereocenters. The molecular weight excluding hydrogens is 344 g/mol. The second kappa shape index (κ2) is 4.76. The van der Waals surface area contributed by atoms with E-state index in [1.165, 1.54) is 64.7 Å². The first-order chi connectivity index (χ1) is 13.4. The second-order valence-electron chi connectivity index (χ2n) is 7.33. The first-order valence-corrected chi connectivity index (χ1v) is 10.2. The zero-order chi connectivity index (χ0) is 17.5. The van der Waals surface area contributed by atoms with Crippen LogP contribution in [0.2, 0.25) is 0 Å². The van der Waals surface area contributed by atoms with Crippen molar-refractivity contribution in [3.8, 4) is 22.3 Å². The van der Waals surface area contributed by atoms with Gasteiger partial charge in [0.05, 0.1) is 0 Å². The van der Waals surface area contributed by atoms with Crippen LogP contribution >= 0.6 is 11.3 Å². The summed E-state index contributed by atoms with van der Waals surface area (Å²) in [5.41, 5.74) is 5.64. The summed E-state index contributed by atoms with van der Waals surface area (Å²) < 4.78 is 1.39. The van der Waals surface area contributed by atoms with Crippen LogP contribution in [-0.2, 0) is 0 Å². The Labute approximate surface area is 160 Å². The van der Waals surface area contributed by atoms with E-state index in [0.717, 1.165) is 0 Å². The number of fused-ring (bicyclic) bond motifs is 10. The molecular formula is C26H14S. The molecule has 0 nitrogen and oxygen atoms in total. The highest BCUT2D eigenvalue weighted by molar-refractivity contribution is 7.18. The largest absolute Gasteiger partial charge is 0.143 e. The molecule has 7 rings (SSSR count). The summed E-state index contributed by atoms with van der Waals surface area (Å²) in [6, 6.07) is 29.0. The molecule has 0 spiro atoms. The lowest BCUT2D eigenvalue weighted by atomic mass is 9.88. The van der Waals surface area contributed by atoms with Gasteiger partial charge in [-0.25, -0.2) is 0 Å². The van der Waals surface area contributed by atoms with Crippen molar-refractivity contribution in [2.24, 2.45) is 0 Å². The molecule has 0 amide bonds. The minimum absolute atomic E-state index is 1.31. The first kappa shape index (κ1) is 14.0. The highest BCUT2D eigenvalue weighted by Crippen LogP contribution is 2.56. The topological polar surface area (TPSA) is 0 Å². The summed E-state index contributed by atoms with van der Waals surface area (Å²) in [7, 11) is 0. The molecule has 1 aliphatic carbocycles. The van der Waals surface area contributed by atoms with Gasteiger partial charge in [0.1, 0.15) is 0 Å². The molecule has 1 aromatic heterocycles. The van der Waals surface area contributed by atoms with Gasteiger partial charge in [-0.1, -0.05) is 72.8 Å². The Morgan fingerprint density at radius 3 is 2.22 bits per heavy atom. The molecule has 5 aromatic carbocycles. The molecule has 1 aliphatic rings. The Morgan fingerprint density at radius 2 is 1.30 bits per heavy atom. The van der Waals surface area contributed by atoms with E-state index in [2.05, 4.69) is 84.2 Å².